The molecular weight excluding hydrogens is 211 g/mol. The van der Waals surface area contributed by atoms with Crippen LogP contribution in [-0.4, -0.2) is 18.2 Å². The smallest absolute Gasteiger partial charge is 0.314 e. The molecule has 0 unspecified atom stereocenters. The van der Waals surface area contributed by atoms with Gasteiger partial charge in [0, 0.05) is 0 Å². The number of methoxy groups -OCH3 is 1. The van der Waals surface area contributed by atoms with E-state index in [1.165, 1.54) is 31.4 Å². The van der Waals surface area contributed by atoms with E-state index in [0.717, 1.165) is 0 Å². The number of rotatable bonds is 3. The third kappa shape index (κ3) is 2.39. The van der Waals surface area contributed by atoms with Crippen LogP contribution in [-0.2, 0) is 9.53 Å². The molecule has 0 heterocycles. The van der Waals surface area contributed by atoms with Crippen molar-refractivity contribution in [3.8, 4) is 0 Å². The molecule has 0 radical (unpaired) electrons. The normalized spacial score (nSPS) is 13.3. The van der Waals surface area contributed by atoms with Crippen molar-refractivity contribution in [3.05, 3.63) is 35.6 Å². The van der Waals surface area contributed by atoms with Gasteiger partial charge >= 0.3 is 5.97 Å². The van der Waals surface area contributed by atoms with Gasteiger partial charge < -0.3 is 9.84 Å². The van der Waals surface area contributed by atoms with Crippen LogP contribution in [0.5, 0.6) is 0 Å². The molecule has 1 atom stereocenters. The standard InChI is InChI=1S/C12H15FO3/c1-12(2,11(15)16-3)10(14)8-4-6-9(13)7-5-8/h4-7,10,14H,1-3H3/t10-/m1/s1. The van der Waals surface area contributed by atoms with Gasteiger partial charge in [-0.3, -0.25) is 4.79 Å². The van der Waals surface area contributed by atoms with Gasteiger partial charge in [0.25, 0.3) is 0 Å². The lowest BCUT2D eigenvalue weighted by Crippen LogP contribution is -2.32. The van der Waals surface area contributed by atoms with Crippen molar-refractivity contribution >= 4 is 5.97 Å². The highest BCUT2D eigenvalue weighted by Gasteiger charge is 2.37. The Kier molecular flexibility index (Phi) is 3.65. The number of esters is 1. The molecule has 0 amide bonds. The van der Waals surface area contributed by atoms with Gasteiger partial charge in [-0.1, -0.05) is 12.1 Å². The highest BCUT2D eigenvalue weighted by molar-refractivity contribution is 5.76. The fourth-order valence-corrected chi connectivity index (χ4v) is 1.44. The first-order valence-electron chi connectivity index (χ1n) is 4.91. The molecule has 0 fully saturated rings. The molecule has 0 bridgehead atoms. The summed E-state index contributed by atoms with van der Waals surface area (Å²) in [5, 5.41) is 10.0. The SMILES string of the molecule is COC(=O)C(C)(C)[C@H](O)c1ccc(F)cc1. The number of carbonyl (C=O) groups excluding carboxylic acids is 1. The molecule has 0 aliphatic heterocycles. The van der Waals surface area contributed by atoms with E-state index < -0.39 is 17.5 Å². The molecule has 88 valence electrons. The van der Waals surface area contributed by atoms with Crippen LogP contribution in [0.3, 0.4) is 0 Å². The third-order valence-corrected chi connectivity index (χ3v) is 2.58. The second-order valence-electron chi connectivity index (χ2n) is 4.17. The minimum Gasteiger partial charge on any atom is -0.469 e. The molecule has 0 aliphatic carbocycles. The number of carbonyl (C=O) groups is 1. The monoisotopic (exact) mass is 226 g/mol. The second-order valence-corrected chi connectivity index (χ2v) is 4.17. The van der Waals surface area contributed by atoms with E-state index in [1.807, 2.05) is 0 Å². The summed E-state index contributed by atoms with van der Waals surface area (Å²) in [5.41, 5.74) is -0.580. The van der Waals surface area contributed by atoms with Gasteiger partial charge in [-0.2, -0.15) is 0 Å². The molecule has 0 spiro atoms. The molecule has 0 saturated carbocycles. The Morgan fingerprint density at radius 3 is 2.31 bits per heavy atom. The van der Waals surface area contributed by atoms with Gasteiger partial charge in [0.15, 0.2) is 0 Å². The number of benzene rings is 1. The molecule has 1 aromatic rings. The van der Waals surface area contributed by atoms with Gasteiger partial charge in [-0.25, -0.2) is 4.39 Å². The Hall–Kier alpha value is -1.42. The van der Waals surface area contributed by atoms with E-state index in [-0.39, 0.29) is 5.82 Å². The first kappa shape index (κ1) is 12.6. The van der Waals surface area contributed by atoms with Crippen molar-refractivity contribution in [2.45, 2.75) is 20.0 Å². The molecule has 1 rings (SSSR count). The second kappa shape index (κ2) is 4.61. The highest BCUT2D eigenvalue weighted by Crippen LogP contribution is 2.34. The number of hydrogen-bond donors (Lipinski definition) is 1. The van der Waals surface area contributed by atoms with E-state index in [2.05, 4.69) is 4.74 Å². The van der Waals surface area contributed by atoms with Crippen molar-refractivity contribution in [3.63, 3.8) is 0 Å². The van der Waals surface area contributed by atoms with Gasteiger partial charge in [-0.15, -0.1) is 0 Å². The molecule has 0 aromatic heterocycles. The minimum absolute atomic E-state index is 0.383. The third-order valence-electron chi connectivity index (χ3n) is 2.58. The summed E-state index contributed by atoms with van der Waals surface area (Å²) in [6, 6.07) is 5.38. The number of hydrogen-bond acceptors (Lipinski definition) is 3. The lowest BCUT2D eigenvalue weighted by atomic mass is 9.83. The van der Waals surface area contributed by atoms with Crippen LogP contribution in [0.1, 0.15) is 25.5 Å². The van der Waals surface area contributed by atoms with Gasteiger partial charge in [0.1, 0.15) is 5.82 Å². The Bertz CT molecular complexity index is 370. The largest absolute Gasteiger partial charge is 0.469 e. The molecule has 4 heteroatoms. The van der Waals surface area contributed by atoms with Crippen LogP contribution in [0.2, 0.25) is 0 Å². The van der Waals surface area contributed by atoms with Crippen LogP contribution < -0.4 is 0 Å². The van der Waals surface area contributed by atoms with Gasteiger partial charge in [-0.05, 0) is 31.5 Å². The molecule has 1 N–H and O–H groups in total. The van der Waals surface area contributed by atoms with E-state index in [9.17, 15) is 14.3 Å². The van der Waals surface area contributed by atoms with Gasteiger partial charge in [0.2, 0.25) is 0 Å². The quantitative estimate of drug-likeness (QED) is 0.802. The van der Waals surface area contributed by atoms with E-state index in [4.69, 9.17) is 0 Å². The van der Waals surface area contributed by atoms with Crippen molar-refractivity contribution in [2.75, 3.05) is 7.11 Å². The lowest BCUT2D eigenvalue weighted by molar-refractivity contribution is -0.157. The highest BCUT2D eigenvalue weighted by atomic mass is 19.1. The zero-order valence-corrected chi connectivity index (χ0v) is 9.53. The predicted octanol–water partition coefficient (Wildman–Crippen LogP) is 2.06. The maximum absolute atomic E-state index is 12.7. The molecule has 3 nitrogen and oxygen atoms in total. The summed E-state index contributed by atoms with van der Waals surface area (Å²) in [6.07, 6.45) is -1.03. The van der Waals surface area contributed by atoms with Crippen LogP contribution in [0, 0.1) is 11.2 Å². The topological polar surface area (TPSA) is 46.5 Å². The van der Waals surface area contributed by atoms with E-state index >= 15 is 0 Å². The summed E-state index contributed by atoms with van der Waals surface area (Å²) < 4.78 is 17.3. The fraction of sp³-hybridized carbons (Fsp3) is 0.417. The van der Waals surface area contributed by atoms with Crippen molar-refractivity contribution < 1.29 is 19.0 Å². The molecular formula is C12H15FO3. The van der Waals surface area contributed by atoms with Crippen LogP contribution in [0.25, 0.3) is 0 Å². The van der Waals surface area contributed by atoms with E-state index in [1.54, 1.807) is 13.8 Å². The summed E-state index contributed by atoms with van der Waals surface area (Å²) in [6.45, 7) is 3.15. The summed E-state index contributed by atoms with van der Waals surface area (Å²) in [7, 11) is 1.27. The minimum atomic E-state index is -1.06. The number of aliphatic hydroxyl groups excluding tert-OH is 1. The average molecular weight is 226 g/mol. The molecule has 1 aromatic carbocycles. The van der Waals surface area contributed by atoms with Crippen LogP contribution >= 0.6 is 0 Å². The van der Waals surface area contributed by atoms with Crippen molar-refractivity contribution in [1.82, 2.24) is 0 Å². The average Bonchev–Trinajstić information content (AvgIpc) is 2.28. The van der Waals surface area contributed by atoms with Crippen LogP contribution in [0.15, 0.2) is 24.3 Å². The zero-order chi connectivity index (χ0) is 12.3. The Balaban J connectivity index is 2.97. The maximum atomic E-state index is 12.7. The first-order chi connectivity index (χ1) is 7.39. The summed E-state index contributed by atoms with van der Waals surface area (Å²) >= 11 is 0. The van der Waals surface area contributed by atoms with E-state index in [0.29, 0.717) is 5.56 Å². The van der Waals surface area contributed by atoms with Gasteiger partial charge in [0.05, 0.1) is 18.6 Å². The molecule has 16 heavy (non-hydrogen) atoms. The predicted molar refractivity (Wildman–Crippen MR) is 57.2 cm³/mol. The van der Waals surface area contributed by atoms with Crippen LogP contribution in [0.4, 0.5) is 4.39 Å². The molecule has 0 aliphatic rings. The fourth-order valence-electron chi connectivity index (χ4n) is 1.44. The summed E-state index contributed by atoms with van der Waals surface area (Å²) in [4.78, 5) is 11.5. The maximum Gasteiger partial charge on any atom is 0.314 e. The zero-order valence-electron chi connectivity index (χ0n) is 9.53. The Labute approximate surface area is 93.9 Å². The van der Waals surface area contributed by atoms with Crippen molar-refractivity contribution in [1.29, 1.82) is 0 Å². The number of aliphatic hydroxyl groups is 1. The molecule has 0 saturated heterocycles. The van der Waals surface area contributed by atoms with Crippen molar-refractivity contribution in [2.24, 2.45) is 5.41 Å². The number of halogens is 1. The first-order valence-corrected chi connectivity index (χ1v) is 4.91. The Morgan fingerprint density at radius 2 is 1.88 bits per heavy atom. The summed E-state index contributed by atoms with van der Waals surface area (Å²) in [5.74, 6) is -0.892. The number of ether oxygens (including phenoxy) is 1. The Morgan fingerprint density at radius 1 is 1.38 bits per heavy atom. The lowest BCUT2D eigenvalue weighted by Gasteiger charge is -2.27.